The molecule has 1 atom stereocenters. The van der Waals surface area contributed by atoms with Crippen LogP contribution in [0, 0.1) is 0 Å². The molecule has 4 heteroatoms. The van der Waals surface area contributed by atoms with E-state index < -0.39 is 0 Å². The number of rotatable bonds is 6. The van der Waals surface area contributed by atoms with Crippen molar-refractivity contribution < 1.29 is 9.47 Å². The molecule has 112 valence electrons. The number of halogens is 1. The van der Waals surface area contributed by atoms with Crippen LogP contribution < -0.4 is 14.8 Å². The van der Waals surface area contributed by atoms with Gasteiger partial charge in [-0.15, -0.1) is 0 Å². The number of hydrogen-bond acceptors (Lipinski definition) is 3. The van der Waals surface area contributed by atoms with Crippen LogP contribution in [0.25, 0.3) is 0 Å². The van der Waals surface area contributed by atoms with E-state index >= 15 is 0 Å². The van der Waals surface area contributed by atoms with Gasteiger partial charge in [-0.05, 0) is 42.3 Å². The molecule has 1 N–H and O–H groups in total. The van der Waals surface area contributed by atoms with Gasteiger partial charge in [-0.2, -0.15) is 0 Å². The number of benzene rings is 2. The normalized spacial score (nSPS) is 12.0. The maximum absolute atomic E-state index is 5.89. The lowest BCUT2D eigenvalue weighted by atomic mass is 10.1. The first kappa shape index (κ1) is 15.7. The molecule has 0 bridgehead atoms. The van der Waals surface area contributed by atoms with Crippen LogP contribution in [0.4, 0.5) is 0 Å². The standard InChI is InChI=1S/C17H20ClNO2/c1-12(19-11-13-4-7-15(18)8-5-13)14-6-9-16(20-2)17(10-14)21-3/h4-10,12,19H,11H2,1-3H3. The van der Waals surface area contributed by atoms with Gasteiger partial charge in [-0.3, -0.25) is 0 Å². The summed E-state index contributed by atoms with van der Waals surface area (Å²) in [5, 5.41) is 4.24. The third-order valence-electron chi connectivity index (χ3n) is 3.43. The number of nitrogens with one attached hydrogen (secondary N) is 1. The van der Waals surface area contributed by atoms with Crippen LogP contribution in [0.5, 0.6) is 11.5 Å². The first-order valence-corrected chi connectivity index (χ1v) is 7.21. The minimum atomic E-state index is 0.209. The molecule has 2 aromatic rings. The Hall–Kier alpha value is -1.71. The minimum absolute atomic E-state index is 0.209. The molecule has 1 unspecified atom stereocenters. The van der Waals surface area contributed by atoms with Gasteiger partial charge in [0.15, 0.2) is 11.5 Å². The maximum Gasteiger partial charge on any atom is 0.161 e. The van der Waals surface area contributed by atoms with Gasteiger partial charge in [0.25, 0.3) is 0 Å². The second-order valence-corrected chi connectivity index (χ2v) is 5.28. The van der Waals surface area contributed by atoms with Crippen molar-refractivity contribution in [2.45, 2.75) is 19.5 Å². The average Bonchev–Trinajstić information content (AvgIpc) is 2.53. The van der Waals surface area contributed by atoms with E-state index in [0.29, 0.717) is 0 Å². The van der Waals surface area contributed by atoms with Crippen LogP contribution >= 0.6 is 11.6 Å². The van der Waals surface area contributed by atoms with E-state index in [0.717, 1.165) is 28.6 Å². The Bertz CT molecular complexity index is 584. The van der Waals surface area contributed by atoms with Gasteiger partial charge in [0.05, 0.1) is 14.2 Å². The molecule has 0 aromatic heterocycles. The average molecular weight is 306 g/mol. The monoisotopic (exact) mass is 305 g/mol. The van der Waals surface area contributed by atoms with Crippen LogP contribution in [-0.2, 0) is 6.54 Å². The number of hydrogen-bond donors (Lipinski definition) is 1. The van der Waals surface area contributed by atoms with Gasteiger partial charge in [0, 0.05) is 17.6 Å². The van der Waals surface area contributed by atoms with Crippen LogP contribution in [-0.4, -0.2) is 14.2 Å². The van der Waals surface area contributed by atoms with E-state index in [1.54, 1.807) is 14.2 Å². The SMILES string of the molecule is COc1ccc(C(C)NCc2ccc(Cl)cc2)cc1OC. The Balaban J connectivity index is 2.02. The molecule has 0 radical (unpaired) electrons. The largest absolute Gasteiger partial charge is 0.493 e. The maximum atomic E-state index is 5.89. The highest BCUT2D eigenvalue weighted by Crippen LogP contribution is 2.29. The van der Waals surface area contributed by atoms with E-state index in [-0.39, 0.29) is 6.04 Å². The number of ether oxygens (including phenoxy) is 2. The smallest absolute Gasteiger partial charge is 0.161 e. The van der Waals surface area contributed by atoms with Crippen molar-refractivity contribution in [3.8, 4) is 11.5 Å². The molecule has 0 saturated carbocycles. The van der Waals surface area contributed by atoms with Crippen molar-refractivity contribution in [1.82, 2.24) is 5.32 Å². The summed E-state index contributed by atoms with van der Waals surface area (Å²) in [5.74, 6) is 1.49. The molecule has 0 heterocycles. The highest BCUT2D eigenvalue weighted by Gasteiger charge is 2.09. The molecule has 0 saturated heterocycles. The second-order valence-electron chi connectivity index (χ2n) is 4.84. The topological polar surface area (TPSA) is 30.5 Å². The van der Waals surface area contributed by atoms with E-state index in [9.17, 15) is 0 Å². The van der Waals surface area contributed by atoms with Crippen LogP contribution in [0.3, 0.4) is 0 Å². The summed E-state index contributed by atoms with van der Waals surface area (Å²) >= 11 is 5.89. The van der Waals surface area contributed by atoms with Crippen molar-refractivity contribution in [2.24, 2.45) is 0 Å². The van der Waals surface area contributed by atoms with Crippen LogP contribution in [0.1, 0.15) is 24.1 Å². The third kappa shape index (κ3) is 4.13. The molecule has 21 heavy (non-hydrogen) atoms. The molecule has 0 aliphatic heterocycles. The zero-order valence-electron chi connectivity index (χ0n) is 12.5. The summed E-state index contributed by atoms with van der Waals surface area (Å²) in [7, 11) is 3.28. The summed E-state index contributed by atoms with van der Waals surface area (Å²) in [5.41, 5.74) is 2.35. The fraction of sp³-hybridized carbons (Fsp3) is 0.294. The molecule has 0 aliphatic rings. The van der Waals surface area contributed by atoms with E-state index in [2.05, 4.69) is 12.2 Å². The van der Waals surface area contributed by atoms with E-state index in [1.807, 2.05) is 42.5 Å². The van der Waals surface area contributed by atoms with E-state index in [4.69, 9.17) is 21.1 Å². The first-order chi connectivity index (χ1) is 10.1. The molecule has 3 nitrogen and oxygen atoms in total. The van der Waals surface area contributed by atoms with Gasteiger partial charge < -0.3 is 14.8 Å². The van der Waals surface area contributed by atoms with Gasteiger partial charge in [0.1, 0.15) is 0 Å². The first-order valence-electron chi connectivity index (χ1n) is 6.83. The second kappa shape index (κ2) is 7.34. The quantitative estimate of drug-likeness (QED) is 0.867. The summed E-state index contributed by atoms with van der Waals surface area (Å²) in [6.45, 7) is 2.91. The molecule has 0 amide bonds. The van der Waals surface area contributed by atoms with Crippen molar-refractivity contribution >= 4 is 11.6 Å². The highest BCUT2D eigenvalue weighted by atomic mass is 35.5. The zero-order chi connectivity index (χ0) is 15.2. The number of methoxy groups -OCH3 is 2. The summed E-state index contributed by atoms with van der Waals surface area (Å²) in [6.07, 6.45) is 0. The molecule has 0 spiro atoms. The Morgan fingerprint density at radius 1 is 1.00 bits per heavy atom. The van der Waals surface area contributed by atoms with Gasteiger partial charge >= 0.3 is 0 Å². The Morgan fingerprint density at radius 2 is 1.67 bits per heavy atom. The fourth-order valence-electron chi connectivity index (χ4n) is 2.11. The molecule has 2 rings (SSSR count). The predicted octanol–water partition coefficient (Wildman–Crippen LogP) is 4.21. The lowest BCUT2D eigenvalue weighted by molar-refractivity contribution is 0.354. The Labute approximate surface area is 130 Å². The molecule has 0 fully saturated rings. The van der Waals surface area contributed by atoms with Crippen LogP contribution in [0.15, 0.2) is 42.5 Å². The van der Waals surface area contributed by atoms with Gasteiger partial charge in [0.2, 0.25) is 0 Å². The lowest BCUT2D eigenvalue weighted by Gasteiger charge is -2.16. The van der Waals surface area contributed by atoms with Crippen LogP contribution in [0.2, 0.25) is 5.02 Å². The fourth-order valence-corrected chi connectivity index (χ4v) is 2.24. The summed E-state index contributed by atoms with van der Waals surface area (Å²) < 4.78 is 10.6. The van der Waals surface area contributed by atoms with Crippen molar-refractivity contribution in [3.05, 3.63) is 58.6 Å². The van der Waals surface area contributed by atoms with Crippen molar-refractivity contribution in [2.75, 3.05) is 14.2 Å². The third-order valence-corrected chi connectivity index (χ3v) is 3.69. The van der Waals surface area contributed by atoms with Gasteiger partial charge in [-0.1, -0.05) is 29.8 Å². The van der Waals surface area contributed by atoms with Crippen molar-refractivity contribution in [1.29, 1.82) is 0 Å². The van der Waals surface area contributed by atoms with Gasteiger partial charge in [-0.25, -0.2) is 0 Å². The summed E-state index contributed by atoms with van der Waals surface area (Å²) in [6, 6.07) is 14.0. The minimum Gasteiger partial charge on any atom is -0.493 e. The molecular weight excluding hydrogens is 286 g/mol. The Kier molecular flexibility index (Phi) is 5.48. The molecule has 2 aromatic carbocycles. The van der Waals surface area contributed by atoms with Crippen molar-refractivity contribution in [3.63, 3.8) is 0 Å². The molecule has 0 aliphatic carbocycles. The predicted molar refractivity (Wildman–Crippen MR) is 86.3 cm³/mol. The summed E-state index contributed by atoms with van der Waals surface area (Å²) in [4.78, 5) is 0. The Morgan fingerprint density at radius 3 is 2.29 bits per heavy atom. The zero-order valence-corrected chi connectivity index (χ0v) is 13.3. The lowest BCUT2D eigenvalue weighted by Crippen LogP contribution is -2.18. The molecular formula is C17H20ClNO2. The van der Waals surface area contributed by atoms with E-state index in [1.165, 1.54) is 5.56 Å². The highest BCUT2D eigenvalue weighted by molar-refractivity contribution is 6.30.